The Morgan fingerprint density at radius 1 is 1.09 bits per heavy atom. The molecular formula is C26H30O6. The Hall–Kier alpha value is -1.47. The Balaban J connectivity index is 1.37. The van der Waals surface area contributed by atoms with E-state index in [0.29, 0.717) is 6.61 Å². The fourth-order valence-corrected chi connectivity index (χ4v) is 10.5. The summed E-state index contributed by atoms with van der Waals surface area (Å²) in [6, 6.07) is 2.06. The van der Waals surface area contributed by atoms with Gasteiger partial charge < -0.3 is 23.7 Å². The van der Waals surface area contributed by atoms with Crippen molar-refractivity contribution in [3.63, 3.8) is 0 Å². The summed E-state index contributed by atoms with van der Waals surface area (Å²) < 4.78 is 25.2. The Labute approximate surface area is 187 Å². The second-order valence-corrected chi connectivity index (χ2v) is 12.5. The van der Waals surface area contributed by atoms with Gasteiger partial charge in [0.15, 0.2) is 5.78 Å². The molecule has 0 amide bonds. The molecule has 4 aliphatic carbocycles. The molecule has 170 valence electrons. The molecule has 6 nitrogen and oxygen atoms in total. The van der Waals surface area contributed by atoms with Gasteiger partial charge in [-0.15, -0.1) is 0 Å². The van der Waals surface area contributed by atoms with Crippen molar-refractivity contribution in [2.24, 2.45) is 27.6 Å². The van der Waals surface area contributed by atoms with Gasteiger partial charge in [0, 0.05) is 16.7 Å². The summed E-state index contributed by atoms with van der Waals surface area (Å²) in [6.07, 6.45) is 7.86. The zero-order chi connectivity index (χ0) is 22.1. The molecule has 3 saturated carbocycles. The minimum absolute atomic E-state index is 0.0382. The summed E-state index contributed by atoms with van der Waals surface area (Å²) in [6.45, 7) is 9.21. The molecule has 8 rings (SSSR count). The molecular weight excluding hydrogens is 408 g/mol. The Kier molecular flexibility index (Phi) is 2.85. The van der Waals surface area contributed by atoms with E-state index in [4.69, 9.17) is 18.6 Å². The molecule has 1 aromatic rings. The predicted molar refractivity (Wildman–Crippen MR) is 112 cm³/mol. The quantitative estimate of drug-likeness (QED) is 0.679. The van der Waals surface area contributed by atoms with Crippen LogP contribution in [0.3, 0.4) is 0 Å². The lowest BCUT2D eigenvalue weighted by molar-refractivity contribution is -0.243. The minimum atomic E-state index is -0.764. The van der Waals surface area contributed by atoms with Gasteiger partial charge in [-0.3, -0.25) is 4.79 Å². The van der Waals surface area contributed by atoms with Crippen LogP contribution in [0.4, 0.5) is 0 Å². The van der Waals surface area contributed by atoms with E-state index in [1.54, 1.807) is 12.3 Å². The van der Waals surface area contributed by atoms with Gasteiger partial charge >= 0.3 is 0 Å². The lowest BCUT2D eigenvalue weighted by atomic mass is 9.35. The van der Waals surface area contributed by atoms with Crippen molar-refractivity contribution >= 4 is 5.78 Å². The first-order valence-electron chi connectivity index (χ1n) is 12.0. The first-order chi connectivity index (χ1) is 15.1. The van der Waals surface area contributed by atoms with Crippen molar-refractivity contribution in [2.45, 2.75) is 82.1 Å². The second-order valence-electron chi connectivity index (χ2n) is 12.5. The number of furan rings is 1. The van der Waals surface area contributed by atoms with Gasteiger partial charge in [0.05, 0.1) is 54.4 Å². The number of ether oxygens (including phenoxy) is 3. The van der Waals surface area contributed by atoms with E-state index >= 15 is 0 Å². The maximum Gasteiger partial charge on any atom is 0.164 e. The Bertz CT molecular complexity index is 1110. The maximum atomic E-state index is 13.7. The Morgan fingerprint density at radius 3 is 2.62 bits per heavy atom. The highest BCUT2D eigenvalue weighted by Gasteiger charge is 2.99. The number of hydrogen-bond donors (Lipinski definition) is 1. The van der Waals surface area contributed by atoms with Crippen LogP contribution in [0.1, 0.15) is 52.0 Å². The van der Waals surface area contributed by atoms with Gasteiger partial charge in [-0.2, -0.15) is 0 Å². The van der Waals surface area contributed by atoms with Crippen molar-refractivity contribution in [1.29, 1.82) is 0 Å². The van der Waals surface area contributed by atoms with Gasteiger partial charge in [-0.1, -0.05) is 26.8 Å². The molecule has 3 saturated heterocycles. The van der Waals surface area contributed by atoms with Crippen LogP contribution in [0.2, 0.25) is 0 Å². The molecule has 12 unspecified atom stereocenters. The van der Waals surface area contributed by atoms with E-state index < -0.39 is 34.2 Å². The minimum Gasteiger partial charge on any atom is -0.472 e. The number of epoxide rings is 2. The fourth-order valence-electron chi connectivity index (χ4n) is 10.5. The number of carbonyl (C=O) groups excluding carboxylic acids is 1. The zero-order valence-electron chi connectivity index (χ0n) is 19.0. The number of allylic oxidation sites excluding steroid dienone is 1. The SMILES string of the molecule is CC12C=CC(=O)C3(C)C1C(OC2)C(O)C1(C)C24OC2CC(c2ccoc2)C4(C)CC2OC231. The summed E-state index contributed by atoms with van der Waals surface area (Å²) in [5, 5.41) is 12.1. The van der Waals surface area contributed by atoms with Gasteiger partial charge in [0.25, 0.3) is 0 Å². The highest BCUT2D eigenvalue weighted by Crippen LogP contribution is 2.88. The third-order valence-electron chi connectivity index (χ3n) is 11.7. The third kappa shape index (κ3) is 1.44. The molecule has 0 aromatic carbocycles. The third-order valence-corrected chi connectivity index (χ3v) is 11.7. The van der Waals surface area contributed by atoms with E-state index in [1.165, 1.54) is 5.56 Å². The molecule has 0 bridgehead atoms. The van der Waals surface area contributed by atoms with Gasteiger partial charge in [0.1, 0.15) is 11.2 Å². The van der Waals surface area contributed by atoms with Crippen molar-refractivity contribution in [3.05, 3.63) is 36.3 Å². The van der Waals surface area contributed by atoms with Crippen molar-refractivity contribution in [2.75, 3.05) is 6.61 Å². The van der Waals surface area contributed by atoms with Gasteiger partial charge in [0.2, 0.25) is 0 Å². The second kappa shape index (κ2) is 4.83. The van der Waals surface area contributed by atoms with Gasteiger partial charge in [-0.05, 0) is 43.4 Å². The molecule has 6 heteroatoms. The number of rotatable bonds is 1. The summed E-state index contributed by atoms with van der Waals surface area (Å²) in [4.78, 5) is 13.7. The molecule has 1 N–H and O–H groups in total. The number of carbonyl (C=O) groups is 1. The number of aliphatic hydroxyl groups excluding tert-OH is 1. The largest absolute Gasteiger partial charge is 0.472 e. The monoisotopic (exact) mass is 438 g/mol. The average molecular weight is 439 g/mol. The van der Waals surface area contributed by atoms with Crippen LogP contribution in [0.25, 0.3) is 0 Å². The summed E-state index contributed by atoms with van der Waals surface area (Å²) in [7, 11) is 0. The van der Waals surface area contributed by atoms with E-state index in [2.05, 4.69) is 33.8 Å². The molecule has 32 heavy (non-hydrogen) atoms. The van der Waals surface area contributed by atoms with Crippen molar-refractivity contribution in [3.8, 4) is 0 Å². The molecule has 7 aliphatic rings. The smallest absolute Gasteiger partial charge is 0.164 e. The zero-order valence-corrected chi connectivity index (χ0v) is 19.0. The van der Waals surface area contributed by atoms with Crippen LogP contribution in [0.15, 0.2) is 35.2 Å². The van der Waals surface area contributed by atoms with Gasteiger partial charge in [-0.25, -0.2) is 0 Å². The molecule has 0 radical (unpaired) electrons. The fraction of sp³-hybridized carbons (Fsp3) is 0.731. The van der Waals surface area contributed by atoms with Crippen molar-refractivity contribution in [1.82, 2.24) is 0 Å². The molecule has 12 atom stereocenters. The van der Waals surface area contributed by atoms with Crippen LogP contribution >= 0.6 is 0 Å². The standard InChI is InChI=1S/C26H30O6/c1-21-7-5-15(27)23(3)19(21)18(30-12-21)20(28)24(4)25-16(31-25)9-14(13-6-8-29-11-13)22(25,2)10-17-26(23,24)32-17/h5-8,11,14,16-20,28H,9-10,12H2,1-4H3. The lowest BCUT2D eigenvalue weighted by Crippen LogP contribution is -2.78. The van der Waals surface area contributed by atoms with E-state index in [9.17, 15) is 9.90 Å². The predicted octanol–water partition coefficient (Wildman–Crippen LogP) is 3.00. The van der Waals surface area contributed by atoms with E-state index in [1.807, 2.05) is 12.3 Å². The number of hydrogen-bond acceptors (Lipinski definition) is 6. The van der Waals surface area contributed by atoms with Crippen LogP contribution in [-0.4, -0.2) is 53.1 Å². The maximum absolute atomic E-state index is 13.7. The van der Waals surface area contributed by atoms with Crippen molar-refractivity contribution < 1.29 is 28.5 Å². The first-order valence-corrected chi connectivity index (χ1v) is 12.0. The highest BCUT2D eigenvalue weighted by molar-refractivity contribution is 5.98. The summed E-state index contributed by atoms with van der Waals surface area (Å²) in [5.74, 6) is 0.274. The lowest BCUT2D eigenvalue weighted by Gasteiger charge is -2.65. The Morgan fingerprint density at radius 2 is 1.88 bits per heavy atom. The van der Waals surface area contributed by atoms with E-state index in [0.717, 1.165) is 12.8 Å². The number of ketones is 1. The number of aliphatic hydroxyl groups is 1. The van der Waals surface area contributed by atoms with Crippen LogP contribution < -0.4 is 0 Å². The molecule has 3 aliphatic heterocycles. The highest BCUT2D eigenvalue weighted by atomic mass is 16.7. The summed E-state index contributed by atoms with van der Waals surface area (Å²) in [5.41, 5.74) is -2.10. The van der Waals surface area contributed by atoms with E-state index in [-0.39, 0.29) is 40.7 Å². The normalized spacial score (nSPS) is 65.0. The average Bonchev–Trinajstić information content (AvgIpc) is 3.48. The molecule has 6 fully saturated rings. The molecule has 1 aromatic heterocycles. The van der Waals surface area contributed by atoms with Crippen LogP contribution in [-0.2, 0) is 19.0 Å². The molecule has 2 spiro atoms. The first kappa shape index (κ1) is 18.9. The topological polar surface area (TPSA) is 84.7 Å². The van der Waals surface area contributed by atoms with Crippen LogP contribution in [0, 0.1) is 27.6 Å². The van der Waals surface area contributed by atoms with Crippen LogP contribution in [0.5, 0.6) is 0 Å². The molecule has 4 heterocycles. The summed E-state index contributed by atoms with van der Waals surface area (Å²) >= 11 is 0.